The lowest BCUT2D eigenvalue weighted by Crippen LogP contribution is -2.08. The molecule has 2 aliphatic heterocycles. The first-order valence-electron chi connectivity index (χ1n) is 4.23. The van der Waals surface area contributed by atoms with Gasteiger partial charge in [-0.1, -0.05) is 0 Å². The van der Waals surface area contributed by atoms with E-state index in [1.807, 2.05) is 11.7 Å². The molecule has 2 heterocycles. The second kappa shape index (κ2) is 4.52. The van der Waals surface area contributed by atoms with Gasteiger partial charge in [-0.2, -0.15) is 13.5 Å². The van der Waals surface area contributed by atoms with Crippen LogP contribution in [-0.2, 0) is 9.05 Å². The monoisotopic (exact) mass is 344 g/mol. The van der Waals surface area contributed by atoms with Gasteiger partial charge in [0.25, 0.3) is 20.3 Å². The maximum Gasteiger partial charge on any atom is 0.300 e. The van der Waals surface area contributed by atoms with Gasteiger partial charge in [0.2, 0.25) is 0 Å². The maximum absolute atomic E-state index is 6.15. The summed E-state index contributed by atoms with van der Waals surface area (Å²) >= 11 is 18.2. The SMILES string of the molecule is CO[P@]1(Cl)=N[P@@]2(=NP(Cl)(Cl)=N1)OCCN2C. The molecular weight excluding hydrogens is 335 g/mol. The topological polar surface area (TPSA) is 58.8 Å². The van der Waals surface area contributed by atoms with E-state index in [0.717, 1.165) is 6.54 Å². The Morgan fingerprint density at radius 3 is 2.44 bits per heavy atom. The summed E-state index contributed by atoms with van der Waals surface area (Å²) in [5.74, 6) is -2.85. The first-order valence-corrected chi connectivity index (χ1v) is 11.8. The second-order valence-electron chi connectivity index (χ2n) is 3.11. The van der Waals surface area contributed by atoms with Crippen LogP contribution in [0.1, 0.15) is 0 Å². The Bertz CT molecular complexity index is 473. The molecule has 94 valence electrons. The van der Waals surface area contributed by atoms with Crippen molar-refractivity contribution in [2.75, 3.05) is 27.3 Å². The molecule has 1 spiro atoms. The lowest BCUT2D eigenvalue weighted by Gasteiger charge is -2.27. The van der Waals surface area contributed by atoms with Crippen molar-refractivity contribution in [3.05, 3.63) is 0 Å². The quantitative estimate of drug-likeness (QED) is 0.617. The van der Waals surface area contributed by atoms with E-state index in [4.69, 9.17) is 42.8 Å². The fourth-order valence-electron chi connectivity index (χ4n) is 1.26. The van der Waals surface area contributed by atoms with Crippen LogP contribution in [0, 0.1) is 0 Å². The highest BCUT2D eigenvalue weighted by molar-refractivity contribution is 8.15. The van der Waals surface area contributed by atoms with Crippen molar-refractivity contribution in [1.29, 1.82) is 0 Å². The van der Waals surface area contributed by atoms with Gasteiger partial charge < -0.3 is 9.05 Å². The van der Waals surface area contributed by atoms with E-state index < -0.39 is 20.3 Å². The predicted molar refractivity (Wildman–Crippen MR) is 71.2 cm³/mol. The fraction of sp³-hybridized carbons (Fsp3) is 1.00. The van der Waals surface area contributed by atoms with Crippen molar-refractivity contribution in [3.8, 4) is 0 Å². The second-order valence-corrected chi connectivity index (χ2v) is 14.1. The van der Waals surface area contributed by atoms with Crippen LogP contribution >= 0.6 is 54.0 Å². The average molecular weight is 345 g/mol. The standard InChI is InChI=1S/C4H10Cl3N4O2P3/c1-11-3-4-13-16(11)9-14(5,6)8-15(7,10-16)12-2/h3-4H2,1-2H3/t15-,16+/m0/s1. The van der Waals surface area contributed by atoms with Crippen molar-refractivity contribution in [3.63, 3.8) is 0 Å². The number of hydrogen-bond donors (Lipinski definition) is 0. The molecule has 0 aromatic carbocycles. The molecule has 0 aliphatic carbocycles. The van der Waals surface area contributed by atoms with Crippen LogP contribution < -0.4 is 0 Å². The van der Waals surface area contributed by atoms with Crippen LogP contribution in [0.2, 0.25) is 0 Å². The first kappa shape index (κ1) is 13.9. The fourth-order valence-corrected chi connectivity index (χ4v) is 14.5. The van der Waals surface area contributed by atoms with Gasteiger partial charge >= 0.3 is 0 Å². The molecule has 0 aromatic rings. The van der Waals surface area contributed by atoms with Crippen molar-refractivity contribution in [2.24, 2.45) is 13.5 Å². The first-order chi connectivity index (χ1) is 7.31. The minimum atomic E-state index is -2.85. The number of halogens is 3. The van der Waals surface area contributed by atoms with Gasteiger partial charge in [0.15, 0.2) is 0 Å². The van der Waals surface area contributed by atoms with Gasteiger partial charge in [0, 0.05) is 13.7 Å². The third-order valence-corrected chi connectivity index (χ3v) is 13.5. The predicted octanol–water partition coefficient (Wildman–Crippen LogP) is 5.16. The van der Waals surface area contributed by atoms with E-state index in [1.54, 1.807) is 0 Å². The van der Waals surface area contributed by atoms with Crippen LogP contribution in [-0.4, -0.2) is 32.0 Å². The van der Waals surface area contributed by atoms with Crippen molar-refractivity contribution < 1.29 is 9.05 Å². The van der Waals surface area contributed by atoms with Crippen LogP contribution in [0.5, 0.6) is 0 Å². The van der Waals surface area contributed by atoms with Gasteiger partial charge in [-0.3, -0.25) is 0 Å². The van der Waals surface area contributed by atoms with Crippen molar-refractivity contribution >= 4 is 54.0 Å². The molecule has 12 heteroatoms. The molecule has 0 bridgehead atoms. The molecule has 1 saturated heterocycles. The summed E-state index contributed by atoms with van der Waals surface area (Å²) in [5.41, 5.74) is 0. The molecule has 2 aliphatic rings. The molecule has 0 amide bonds. The lowest BCUT2D eigenvalue weighted by molar-refractivity contribution is 0.390. The van der Waals surface area contributed by atoms with Crippen LogP contribution in [0.25, 0.3) is 0 Å². The van der Waals surface area contributed by atoms with E-state index in [1.165, 1.54) is 7.11 Å². The zero-order valence-corrected chi connectivity index (χ0v) is 13.4. The third-order valence-electron chi connectivity index (χ3n) is 2.03. The zero-order chi connectivity index (χ0) is 12.0. The highest BCUT2D eigenvalue weighted by Crippen LogP contribution is 2.85. The average Bonchev–Trinajstić information content (AvgIpc) is 2.44. The van der Waals surface area contributed by atoms with Crippen LogP contribution in [0.3, 0.4) is 0 Å². The van der Waals surface area contributed by atoms with E-state index in [9.17, 15) is 0 Å². The van der Waals surface area contributed by atoms with E-state index >= 15 is 0 Å². The van der Waals surface area contributed by atoms with Gasteiger partial charge in [-0.05, 0) is 40.8 Å². The smallest absolute Gasteiger partial charge is 0.300 e. The summed E-state index contributed by atoms with van der Waals surface area (Å²) in [4.78, 5) is 0. The van der Waals surface area contributed by atoms with E-state index in [-0.39, 0.29) is 0 Å². The molecule has 0 radical (unpaired) electrons. The normalized spacial score (nSPS) is 42.6. The molecule has 0 aromatic heterocycles. The van der Waals surface area contributed by atoms with Gasteiger partial charge in [0.1, 0.15) is 0 Å². The minimum Gasteiger partial charge on any atom is -0.319 e. The molecule has 1 fully saturated rings. The summed E-state index contributed by atoms with van der Waals surface area (Å²) in [7, 11) is 0.757. The number of hydrogen-bond acceptors (Lipinski definition) is 6. The molecular formula is C4H10Cl3N4O2P3. The molecule has 2 rings (SSSR count). The van der Waals surface area contributed by atoms with Crippen LogP contribution in [0.15, 0.2) is 13.5 Å². The molecule has 6 nitrogen and oxygen atoms in total. The summed E-state index contributed by atoms with van der Waals surface area (Å²) in [6.45, 7) is -1.57. The molecule has 0 N–H and O–H groups in total. The largest absolute Gasteiger partial charge is 0.319 e. The Morgan fingerprint density at radius 1 is 1.25 bits per heavy atom. The van der Waals surface area contributed by atoms with Gasteiger partial charge in [0.05, 0.1) is 6.61 Å². The zero-order valence-electron chi connectivity index (χ0n) is 8.50. The van der Waals surface area contributed by atoms with E-state index in [0.29, 0.717) is 6.61 Å². The number of likely N-dealkylation sites (N-methyl/N-ethyl adjacent to an activating group) is 1. The Morgan fingerprint density at radius 2 is 1.94 bits per heavy atom. The Labute approximate surface area is 108 Å². The van der Waals surface area contributed by atoms with Gasteiger partial charge in [-0.25, -0.2) is 4.67 Å². The maximum atomic E-state index is 6.15. The highest BCUT2D eigenvalue weighted by Gasteiger charge is 2.41. The summed E-state index contributed by atoms with van der Waals surface area (Å²) in [5, 5.41) is 0. The van der Waals surface area contributed by atoms with Crippen LogP contribution in [0.4, 0.5) is 0 Å². The van der Waals surface area contributed by atoms with Gasteiger partial charge in [-0.15, -0.1) is 0 Å². The number of rotatable bonds is 1. The number of nitrogens with zero attached hydrogens (tertiary/aromatic N) is 4. The Hall–Kier alpha value is 1.44. The highest BCUT2D eigenvalue weighted by atomic mass is 35.9. The summed E-state index contributed by atoms with van der Waals surface area (Å²) in [6.07, 6.45) is 0. The third kappa shape index (κ3) is 2.56. The molecule has 0 saturated carbocycles. The summed E-state index contributed by atoms with van der Waals surface area (Å²) in [6, 6.07) is 0. The summed E-state index contributed by atoms with van der Waals surface area (Å²) < 4.78 is 25.2. The molecule has 2 atom stereocenters. The molecule has 0 unspecified atom stereocenters. The Balaban J connectivity index is 2.66. The minimum absolute atomic E-state index is 0.533. The Kier molecular flexibility index (Phi) is 3.92. The lowest BCUT2D eigenvalue weighted by atomic mass is 10.7. The van der Waals surface area contributed by atoms with E-state index in [2.05, 4.69) is 13.5 Å². The molecule has 16 heavy (non-hydrogen) atoms. The van der Waals surface area contributed by atoms with Crippen molar-refractivity contribution in [1.82, 2.24) is 4.67 Å². The van der Waals surface area contributed by atoms with Crippen molar-refractivity contribution in [2.45, 2.75) is 0 Å².